The van der Waals surface area contributed by atoms with E-state index >= 15 is 0 Å². The van der Waals surface area contributed by atoms with Crippen molar-refractivity contribution >= 4 is 40.9 Å². The molecule has 6 heterocycles. The summed E-state index contributed by atoms with van der Waals surface area (Å²) in [6, 6.07) is 12.9. The fourth-order valence-electron chi connectivity index (χ4n) is 7.34. The minimum Gasteiger partial charge on any atom is -0.485 e. The number of amides is 1. The summed E-state index contributed by atoms with van der Waals surface area (Å²) in [7, 11) is 1.59. The molecule has 1 N–H and O–H groups in total. The van der Waals surface area contributed by atoms with Gasteiger partial charge in [0.2, 0.25) is 5.78 Å². The van der Waals surface area contributed by atoms with Gasteiger partial charge in [0.25, 0.3) is 11.5 Å². The molecule has 6 aromatic rings. The third-order valence-corrected chi connectivity index (χ3v) is 10.7. The van der Waals surface area contributed by atoms with Gasteiger partial charge in [-0.3, -0.25) is 14.6 Å². The van der Waals surface area contributed by atoms with Crippen molar-refractivity contribution < 1.29 is 32.2 Å². The van der Waals surface area contributed by atoms with Gasteiger partial charge in [-0.25, -0.2) is 9.97 Å². The lowest BCUT2D eigenvalue weighted by atomic mass is 10.00. The number of ether oxygens (including phenoxy) is 2. The summed E-state index contributed by atoms with van der Waals surface area (Å²) in [4.78, 5) is 61.2. The Morgan fingerprint density at radius 2 is 1.84 bits per heavy atom. The molecule has 0 radical (unpaired) electrons. The average Bonchev–Trinajstić information content (AvgIpc) is 3.72. The van der Waals surface area contributed by atoms with E-state index in [1.165, 1.54) is 16.9 Å². The van der Waals surface area contributed by atoms with Crippen LogP contribution in [0.25, 0.3) is 17.2 Å². The van der Waals surface area contributed by atoms with Gasteiger partial charge in [0.05, 0.1) is 47.4 Å². The molecule has 4 aromatic heterocycles. The number of nitrogens with zero attached hydrogens (tertiary/aromatic N) is 9. The number of halogens is 4. The van der Waals surface area contributed by atoms with Gasteiger partial charge in [-0.05, 0) is 49.1 Å². The zero-order chi connectivity index (χ0) is 43.3. The Morgan fingerprint density at radius 3 is 2.52 bits per heavy atom. The Bertz CT molecular complexity index is 2610. The number of carbonyl (C=O) groups is 2. The van der Waals surface area contributed by atoms with Crippen LogP contribution in [-0.2, 0) is 48.3 Å². The number of anilines is 2. The number of nitrogens with one attached hydrogen (secondary N) is 1. The van der Waals surface area contributed by atoms with Gasteiger partial charge < -0.3 is 34.0 Å². The lowest BCUT2D eigenvalue weighted by molar-refractivity contribution is -0.137. The van der Waals surface area contributed by atoms with Crippen LogP contribution >= 0.6 is 11.6 Å². The molecule has 2 aliphatic rings. The predicted molar refractivity (Wildman–Crippen MR) is 221 cm³/mol. The summed E-state index contributed by atoms with van der Waals surface area (Å²) in [5.41, 5.74) is 5.05. The van der Waals surface area contributed by atoms with E-state index in [1.54, 1.807) is 35.8 Å². The van der Waals surface area contributed by atoms with Crippen molar-refractivity contribution in [2.75, 3.05) is 50.1 Å². The van der Waals surface area contributed by atoms with Gasteiger partial charge in [0.1, 0.15) is 24.9 Å². The quantitative estimate of drug-likeness (QED) is 0.165. The molecule has 19 heteroatoms. The van der Waals surface area contributed by atoms with Crippen molar-refractivity contribution in [1.29, 1.82) is 0 Å². The molecule has 0 unspecified atom stereocenters. The van der Waals surface area contributed by atoms with Crippen LogP contribution < -0.4 is 20.5 Å². The number of rotatable bonds is 10. The van der Waals surface area contributed by atoms with Gasteiger partial charge in [0, 0.05) is 56.7 Å². The second-order valence-corrected chi connectivity index (χ2v) is 14.5. The molecular weight excluding hydrogens is 817 g/mol. The second kappa shape index (κ2) is 18.5. The van der Waals surface area contributed by atoms with Crippen molar-refractivity contribution in [3.05, 3.63) is 122 Å². The highest BCUT2D eigenvalue weighted by atomic mass is 35.5. The van der Waals surface area contributed by atoms with E-state index in [9.17, 15) is 27.6 Å². The molecule has 1 amide bonds. The van der Waals surface area contributed by atoms with Crippen molar-refractivity contribution in [1.82, 2.24) is 39.0 Å². The first kappa shape index (κ1) is 42.7. The van der Waals surface area contributed by atoms with E-state index in [-0.39, 0.29) is 35.3 Å². The lowest BCUT2D eigenvalue weighted by Gasteiger charge is -2.36. The fraction of sp³-hybridized carbons (Fsp3) is 0.333. The second-order valence-electron chi connectivity index (χ2n) is 14.1. The zero-order valence-corrected chi connectivity index (χ0v) is 34.3. The third kappa shape index (κ3) is 9.05. The maximum absolute atomic E-state index is 14.2. The number of fused-ring (bicyclic) bond motifs is 2. The first-order chi connectivity index (χ1) is 29.4. The Kier molecular flexibility index (Phi) is 12.9. The molecule has 2 aromatic carbocycles. The normalized spacial score (nSPS) is 14.0. The maximum atomic E-state index is 14.2. The van der Waals surface area contributed by atoms with Crippen molar-refractivity contribution in [3.63, 3.8) is 0 Å². The van der Waals surface area contributed by atoms with Crippen LogP contribution in [0, 0.1) is 6.92 Å². The van der Waals surface area contributed by atoms with E-state index in [2.05, 4.69) is 25.4 Å². The number of hydrogen-bond acceptors (Lipinski definition) is 12. The van der Waals surface area contributed by atoms with Gasteiger partial charge in [-0.1, -0.05) is 48.9 Å². The Morgan fingerprint density at radius 1 is 1.07 bits per heavy atom. The molecule has 8 rings (SSSR count). The van der Waals surface area contributed by atoms with Crippen LogP contribution in [0.15, 0.2) is 72.0 Å². The third-order valence-electron chi connectivity index (χ3n) is 10.4. The summed E-state index contributed by atoms with van der Waals surface area (Å²) in [5.74, 6) is 0.758. The van der Waals surface area contributed by atoms with Gasteiger partial charge in [0.15, 0.2) is 17.3 Å². The maximum Gasteiger partial charge on any atom is 0.416 e. The van der Waals surface area contributed by atoms with Crippen LogP contribution in [0.5, 0.6) is 5.75 Å². The number of alkyl halides is 3. The minimum absolute atomic E-state index is 0.00828. The van der Waals surface area contributed by atoms with Crippen LogP contribution in [0.4, 0.5) is 24.5 Å². The average molecular weight is 859 g/mol. The predicted octanol–water partition coefficient (Wildman–Crippen LogP) is 5.83. The summed E-state index contributed by atoms with van der Waals surface area (Å²) >= 11 is 5.57. The topological polar surface area (TPSA) is 162 Å². The highest BCUT2D eigenvalue weighted by Gasteiger charge is 2.32. The van der Waals surface area contributed by atoms with Crippen LogP contribution in [0.3, 0.4) is 0 Å². The van der Waals surface area contributed by atoms with E-state index in [0.717, 1.165) is 40.7 Å². The fourth-order valence-corrected chi connectivity index (χ4v) is 7.61. The number of piperazine rings is 1. The SMILES string of the molecule is CCc1c(N2CCN(C(=O)c3ncnc(C)c3OCc3ccccc3)CC2)c(=O)n2nc(-c3cncc4c3CCOC4)nc2n1CC=O.CNc1ccc(C(F)(F)F)cc1Cl. The standard InChI is InChI=1S/C34H35N9O5.C8H7ClF3N/c1-3-27-29(33(46)43-34(42(27)14-15-44)38-31(39-43)26-18-35-17-24-20-47-16-9-25(24)26)40-10-12-41(13-11-40)32(45)28-30(22(2)36-21-37-28)48-19-23-7-5-4-6-8-23;1-13-7-3-2-5(4-6(7)9)8(10,11)12/h4-8,15,17-18,21H,3,9-14,16,19-20H2,1-2H3;2-4,13H,1H3. The molecule has 318 valence electrons. The zero-order valence-electron chi connectivity index (χ0n) is 33.6. The van der Waals surface area contributed by atoms with Crippen molar-refractivity contribution in [3.8, 4) is 17.1 Å². The van der Waals surface area contributed by atoms with Gasteiger partial charge in [-0.2, -0.15) is 22.7 Å². The molecule has 0 spiro atoms. The van der Waals surface area contributed by atoms with Crippen LogP contribution in [0.1, 0.15) is 51.1 Å². The van der Waals surface area contributed by atoms with Crippen LogP contribution in [0.2, 0.25) is 5.02 Å². The molecule has 15 nitrogen and oxygen atoms in total. The molecule has 0 saturated carbocycles. The van der Waals surface area contributed by atoms with Gasteiger partial charge >= 0.3 is 6.18 Å². The first-order valence-corrected chi connectivity index (χ1v) is 19.9. The summed E-state index contributed by atoms with van der Waals surface area (Å²) in [6.07, 6.45) is 2.49. The van der Waals surface area contributed by atoms with Crippen LogP contribution in [-0.4, -0.2) is 91.0 Å². The molecule has 0 atom stereocenters. The molecule has 0 bridgehead atoms. The lowest BCUT2D eigenvalue weighted by Crippen LogP contribution is -2.51. The number of carbonyl (C=O) groups excluding carboxylic acids is 2. The van der Waals surface area contributed by atoms with E-state index in [1.807, 2.05) is 42.2 Å². The minimum atomic E-state index is -4.34. The van der Waals surface area contributed by atoms with Crippen molar-refractivity contribution in [2.24, 2.45) is 0 Å². The number of benzene rings is 2. The summed E-state index contributed by atoms with van der Waals surface area (Å²) in [5, 5.41) is 7.40. The molecule has 2 aliphatic heterocycles. The number of aromatic nitrogens is 7. The number of pyridine rings is 1. The molecule has 61 heavy (non-hydrogen) atoms. The smallest absolute Gasteiger partial charge is 0.416 e. The number of hydrogen-bond donors (Lipinski definition) is 1. The monoisotopic (exact) mass is 858 g/mol. The van der Waals surface area contributed by atoms with E-state index in [4.69, 9.17) is 26.1 Å². The van der Waals surface area contributed by atoms with Crippen molar-refractivity contribution in [2.45, 2.75) is 52.6 Å². The summed E-state index contributed by atoms with van der Waals surface area (Å²) < 4.78 is 51.1. The van der Waals surface area contributed by atoms with E-state index < -0.39 is 11.7 Å². The largest absolute Gasteiger partial charge is 0.485 e. The Balaban J connectivity index is 0.000000371. The number of aryl methyl sites for hydroxylation is 1. The highest BCUT2D eigenvalue weighted by molar-refractivity contribution is 6.33. The van der Waals surface area contributed by atoms with E-state index in [0.29, 0.717) is 92.3 Å². The molecule has 1 fully saturated rings. The number of aldehydes is 1. The molecular formula is C42H42ClF3N10O5. The Labute approximate surface area is 353 Å². The summed E-state index contributed by atoms with van der Waals surface area (Å²) in [6.45, 7) is 6.53. The Hall–Kier alpha value is -6.40. The molecule has 1 saturated heterocycles. The molecule has 0 aliphatic carbocycles. The highest BCUT2D eigenvalue weighted by Crippen LogP contribution is 2.34. The van der Waals surface area contributed by atoms with Gasteiger partial charge in [-0.15, -0.1) is 5.10 Å². The first-order valence-electron chi connectivity index (χ1n) is 19.5.